The van der Waals surface area contributed by atoms with Gasteiger partial charge in [0.15, 0.2) is 6.61 Å². The first-order chi connectivity index (χ1) is 11.1. The van der Waals surface area contributed by atoms with Crippen LogP contribution < -0.4 is 10.3 Å². The largest absolute Gasteiger partial charge is 0.449 e. The molecule has 3 aromatic heterocycles. The lowest BCUT2D eigenvalue weighted by Crippen LogP contribution is -2.20. The van der Waals surface area contributed by atoms with Gasteiger partial charge in [0, 0.05) is 18.0 Å². The molecule has 0 bridgehead atoms. The molecule has 0 atom stereocenters. The average Bonchev–Trinajstić information content (AvgIpc) is 2.96. The molecule has 3 rings (SSSR count). The molecule has 3 aromatic rings. The van der Waals surface area contributed by atoms with Crippen LogP contribution in [0, 0.1) is 19.3 Å². The topological polar surface area (TPSA) is 74.3 Å². The highest BCUT2D eigenvalue weighted by Gasteiger charge is 2.13. The normalized spacial score (nSPS) is 10.7. The fraction of sp³-hybridized carbons (Fsp3) is 0.200. The van der Waals surface area contributed by atoms with E-state index in [0.717, 1.165) is 11.3 Å². The van der Waals surface area contributed by atoms with Gasteiger partial charge in [-0.2, -0.15) is 9.50 Å². The van der Waals surface area contributed by atoms with Gasteiger partial charge >= 0.3 is 6.01 Å². The van der Waals surface area contributed by atoms with Crippen LogP contribution in [0.5, 0.6) is 6.01 Å². The van der Waals surface area contributed by atoms with Crippen molar-refractivity contribution < 1.29 is 4.74 Å². The Labute approximate surface area is 136 Å². The summed E-state index contributed by atoms with van der Waals surface area (Å²) in [6.07, 6.45) is 6.82. The van der Waals surface area contributed by atoms with Gasteiger partial charge in [0.2, 0.25) is 5.78 Å². The third-order valence-electron chi connectivity index (χ3n) is 3.19. The van der Waals surface area contributed by atoms with Crippen LogP contribution in [0.1, 0.15) is 11.3 Å². The van der Waals surface area contributed by atoms with Crippen molar-refractivity contribution in [3.63, 3.8) is 0 Å². The fourth-order valence-corrected chi connectivity index (χ4v) is 2.24. The lowest BCUT2D eigenvalue weighted by atomic mass is 10.3. The molecule has 0 aromatic carbocycles. The minimum atomic E-state index is -0.286. The summed E-state index contributed by atoms with van der Waals surface area (Å²) in [7, 11) is 0. The van der Waals surface area contributed by atoms with E-state index in [2.05, 4.69) is 21.0 Å². The number of terminal acetylenes is 1. The van der Waals surface area contributed by atoms with Gasteiger partial charge in [-0.15, -0.1) is 11.5 Å². The second kappa shape index (κ2) is 6.10. The Bertz CT molecular complexity index is 953. The molecule has 3 heterocycles. The predicted molar refractivity (Wildman–Crippen MR) is 84.7 cm³/mol. The van der Waals surface area contributed by atoms with Crippen molar-refractivity contribution in [2.45, 2.75) is 13.5 Å². The lowest BCUT2D eigenvalue weighted by Gasteiger charge is -2.11. The zero-order valence-electron chi connectivity index (χ0n) is 12.2. The first-order valence-corrected chi connectivity index (χ1v) is 7.10. The molecule has 0 aliphatic heterocycles. The molecule has 0 N–H and O–H groups in total. The number of hydrogen-bond acceptors (Lipinski definition) is 5. The number of ether oxygens (including phenoxy) is 1. The standard InChI is InChI=1S/C15H12ClN5O2/c1-3-6-23-14-18-15-20(9-11-4-5-12(16)17-8-11)10(2)7-13(22)21(15)19-14/h1,4-5,7-8H,6,9H2,2H3. The van der Waals surface area contributed by atoms with Crippen LogP contribution in [0.15, 0.2) is 29.2 Å². The van der Waals surface area contributed by atoms with Crippen molar-refractivity contribution in [2.75, 3.05) is 6.61 Å². The molecule has 8 heteroatoms. The maximum absolute atomic E-state index is 12.1. The Kier molecular flexibility index (Phi) is 4.00. The van der Waals surface area contributed by atoms with Crippen LogP contribution in [-0.2, 0) is 6.54 Å². The van der Waals surface area contributed by atoms with Crippen molar-refractivity contribution in [3.8, 4) is 18.4 Å². The molecular weight excluding hydrogens is 318 g/mol. The molecule has 7 nitrogen and oxygen atoms in total. The number of halogens is 1. The quantitative estimate of drug-likeness (QED) is 0.533. The monoisotopic (exact) mass is 329 g/mol. The summed E-state index contributed by atoms with van der Waals surface area (Å²) >= 11 is 5.80. The van der Waals surface area contributed by atoms with Crippen LogP contribution in [0.2, 0.25) is 5.15 Å². The Hall–Kier alpha value is -2.85. The molecule has 0 unspecified atom stereocenters. The number of aryl methyl sites for hydroxylation is 1. The van der Waals surface area contributed by atoms with E-state index in [9.17, 15) is 4.79 Å². The molecule has 0 aliphatic carbocycles. The molecule has 116 valence electrons. The summed E-state index contributed by atoms with van der Waals surface area (Å²) < 4.78 is 8.21. The molecule has 0 amide bonds. The van der Waals surface area contributed by atoms with Gasteiger partial charge in [-0.1, -0.05) is 23.6 Å². The van der Waals surface area contributed by atoms with E-state index in [-0.39, 0.29) is 18.2 Å². The Morgan fingerprint density at radius 2 is 2.26 bits per heavy atom. The van der Waals surface area contributed by atoms with E-state index in [1.165, 1.54) is 10.6 Å². The molecule has 0 aliphatic rings. The van der Waals surface area contributed by atoms with Gasteiger partial charge < -0.3 is 9.30 Å². The van der Waals surface area contributed by atoms with Crippen LogP contribution in [0.4, 0.5) is 0 Å². The van der Waals surface area contributed by atoms with E-state index in [1.54, 1.807) is 12.3 Å². The van der Waals surface area contributed by atoms with E-state index >= 15 is 0 Å². The Morgan fingerprint density at radius 1 is 1.43 bits per heavy atom. The summed E-state index contributed by atoms with van der Waals surface area (Å²) in [5.41, 5.74) is 1.37. The average molecular weight is 330 g/mol. The maximum Gasteiger partial charge on any atom is 0.338 e. The zero-order valence-corrected chi connectivity index (χ0v) is 13.0. The number of pyridine rings is 1. The van der Waals surface area contributed by atoms with Gasteiger partial charge in [-0.05, 0) is 18.6 Å². The van der Waals surface area contributed by atoms with Crippen LogP contribution >= 0.6 is 11.6 Å². The van der Waals surface area contributed by atoms with Gasteiger partial charge in [-0.25, -0.2) is 4.98 Å². The number of hydrogen-bond donors (Lipinski definition) is 0. The summed E-state index contributed by atoms with van der Waals surface area (Å²) in [6.45, 7) is 2.32. The minimum absolute atomic E-state index is 0.0329. The summed E-state index contributed by atoms with van der Waals surface area (Å²) in [5.74, 6) is 2.70. The highest BCUT2D eigenvalue weighted by atomic mass is 35.5. The van der Waals surface area contributed by atoms with Crippen LogP contribution in [0.3, 0.4) is 0 Å². The van der Waals surface area contributed by atoms with E-state index in [0.29, 0.717) is 17.5 Å². The van der Waals surface area contributed by atoms with E-state index < -0.39 is 0 Å². The minimum Gasteiger partial charge on any atom is -0.449 e. The third kappa shape index (κ3) is 3.03. The number of nitrogens with zero attached hydrogens (tertiary/aromatic N) is 5. The Balaban J connectivity index is 2.08. The summed E-state index contributed by atoms with van der Waals surface area (Å²) in [5, 5.41) is 4.44. The van der Waals surface area contributed by atoms with Gasteiger partial charge in [0.1, 0.15) is 5.15 Å². The fourth-order valence-electron chi connectivity index (χ4n) is 2.13. The predicted octanol–water partition coefficient (Wildman–Crippen LogP) is 1.31. The Morgan fingerprint density at radius 3 is 2.96 bits per heavy atom. The third-order valence-corrected chi connectivity index (χ3v) is 3.42. The highest BCUT2D eigenvalue weighted by Crippen LogP contribution is 2.12. The van der Waals surface area contributed by atoms with Gasteiger partial charge in [0.25, 0.3) is 5.56 Å². The van der Waals surface area contributed by atoms with E-state index in [1.807, 2.05) is 17.6 Å². The van der Waals surface area contributed by atoms with Crippen molar-refractivity contribution in [1.29, 1.82) is 0 Å². The first kappa shape index (κ1) is 15.1. The molecule has 0 saturated heterocycles. The highest BCUT2D eigenvalue weighted by molar-refractivity contribution is 6.29. The van der Waals surface area contributed by atoms with Crippen molar-refractivity contribution in [3.05, 3.63) is 51.2 Å². The van der Waals surface area contributed by atoms with E-state index in [4.69, 9.17) is 22.8 Å². The maximum atomic E-state index is 12.1. The van der Waals surface area contributed by atoms with Crippen LogP contribution in [0.25, 0.3) is 5.78 Å². The summed E-state index contributed by atoms with van der Waals surface area (Å²) in [6, 6.07) is 5.11. The first-order valence-electron chi connectivity index (χ1n) is 6.72. The number of rotatable bonds is 4. The second-order valence-electron chi connectivity index (χ2n) is 4.80. The SMILES string of the molecule is C#CCOc1nc2n(Cc3ccc(Cl)nc3)c(C)cc(=O)n2n1. The van der Waals surface area contributed by atoms with Crippen molar-refractivity contribution in [1.82, 2.24) is 24.1 Å². The van der Waals surface area contributed by atoms with Crippen LogP contribution in [-0.4, -0.2) is 30.8 Å². The molecule has 23 heavy (non-hydrogen) atoms. The molecule has 0 fully saturated rings. The van der Waals surface area contributed by atoms with Gasteiger partial charge in [-0.3, -0.25) is 4.79 Å². The van der Waals surface area contributed by atoms with Gasteiger partial charge in [0.05, 0.1) is 6.54 Å². The number of fused-ring (bicyclic) bond motifs is 1. The summed E-state index contributed by atoms with van der Waals surface area (Å²) in [4.78, 5) is 20.3. The molecule has 0 saturated carbocycles. The number of aromatic nitrogens is 5. The smallest absolute Gasteiger partial charge is 0.338 e. The molecule has 0 spiro atoms. The van der Waals surface area contributed by atoms with Crippen molar-refractivity contribution in [2.24, 2.45) is 0 Å². The molecule has 0 radical (unpaired) electrons. The molecular formula is C15H12ClN5O2. The van der Waals surface area contributed by atoms with Crippen molar-refractivity contribution >= 4 is 17.4 Å². The zero-order chi connectivity index (χ0) is 16.4. The second-order valence-corrected chi connectivity index (χ2v) is 5.19. The lowest BCUT2D eigenvalue weighted by molar-refractivity contribution is 0.340.